The molecule has 4 aromatic rings. The number of hydrogen-bond donors (Lipinski definition) is 3. The van der Waals surface area contributed by atoms with E-state index in [1.807, 2.05) is 43.3 Å². The van der Waals surface area contributed by atoms with Crippen LogP contribution in [0, 0.1) is 10.1 Å². The van der Waals surface area contributed by atoms with Gasteiger partial charge in [-0.2, -0.15) is 0 Å². The molecule has 15 heteroatoms. The fourth-order valence-electron chi connectivity index (χ4n) is 4.68. The number of amides is 1. The maximum atomic E-state index is 12.6. The summed E-state index contributed by atoms with van der Waals surface area (Å²) in [6, 6.07) is 21.2. The Kier molecular flexibility index (Phi) is 11.3. The van der Waals surface area contributed by atoms with Gasteiger partial charge in [0.2, 0.25) is 0 Å². The van der Waals surface area contributed by atoms with Gasteiger partial charge in [-0.3, -0.25) is 0 Å². The summed E-state index contributed by atoms with van der Waals surface area (Å²) in [4.78, 5) is 43.7. The standard InChI is InChI=1S/C31H32ClN7O7/c1-2-3-12-26-35-28(32)27(30(40)41)37(26)17-20-13-15-21(16-14-20)24-10-6-7-11-25(24)29(33)36-38(34)31(42)45-18-22-8-4-5-9-23(22)19-46-39(43)44/h4-11,13-16H,2-3,12,17-19,34H2,1H3,(H2,33,36)(H,40,41). The van der Waals surface area contributed by atoms with Crippen molar-refractivity contribution in [1.29, 1.82) is 0 Å². The molecule has 0 aliphatic heterocycles. The Morgan fingerprint density at radius 1 is 1.07 bits per heavy atom. The van der Waals surface area contributed by atoms with E-state index in [1.165, 1.54) is 0 Å². The largest absolute Gasteiger partial charge is 0.476 e. The lowest BCUT2D eigenvalue weighted by Gasteiger charge is -2.15. The number of imidazole rings is 1. The van der Waals surface area contributed by atoms with Crippen LogP contribution >= 0.6 is 11.6 Å². The molecule has 3 aromatic carbocycles. The molecule has 0 aliphatic rings. The number of hydrazone groups is 1. The van der Waals surface area contributed by atoms with Gasteiger partial charge in [-0.1, -0.05) is 97.7 Å². The number of unbranched alkanes of at least 4 members (excludes halogenated alkanes) is 1. The number of aryl methyl sites for hydroxylation is 1. The highest BCUT2D eigenvalue weighted by Crippen LogP contribution is 2.26. The first-order valence-corrected chi connectivity index (χ1v) is 14.5. The number of hydrogen-bond acceptors (Lipinski definition) is 9. The number of carboxylic acids is 1. The number of nitrogens with two attached hydrogens (primary N) is 2. The topological polar surface area (TPSA) is 201 Å². The number of amidine groups is 1. The average Bonchev–Trinajstić information content (AvgIpc) is 3.36. The van der Waals surface area contributed by atoms with Crippen LogP contribution in [-0.2, 0) is 35.8 Å². The number of rotatable bonds is 14. The number of carbonyl (C=O) groups is 2. The first-order chi connectivity index (χ1) is 22.1. The van der Waals surface area contributed by atoms with Crippen molar-refractivity contribution in [3.8, 4) is 11.1 Å². The van der Waals surface area contributed by atoms with E-state index in [0.717, 1.165) is 24.0 Å². The molecule has 1 heterocycles. The Hall–Kier alpha value is -5.47. The number of carbonyl (C=O) groups excluding carboxylic acids is 1. The summed E-state index contributed by atoms with van der Waals surface area (Å²) in [6.07, 6.45) is 1.37. The maximum absolute atomic E-state index is 12.6. The van der Waals surface area contributed by atoms with Crippen LogP contribution in [0.5, 0.6) is 0 Å². The molecule has 14 nitrogen and oxygen atoms in total. The zero-order chi connectivity index (χ0) is 33.2. The van der Waals surface area contributed by atoms with Crippen LogP contribution in [0.15, 0.2) is 77.9 Å². The first kappa shape index (κ1) is 33.4. The number of carboxylic acid groups (broad SMARTS) is 1. The van der Waals surface area contributed by atoms with E-state index < -0.39 is 17.1 Å². The van der Waals surface area contributed by atoms with Gasteiger partial charge in [0.1, 0.15) is 19.0 Å². The number of halogens is 1. The second kappa shape index (κ2) is 15.5. The van der Waals surface area contributed by atoms with Crippen LogP contribution in [0.4, 0.5) is 4.79 Å². The lowest BCUT2D eigenvalue weighted by atomic mass is 9.98. The van der Waals surface area contributed by atoms with Crippen LogP contribution in [0.2, 0.25) is 5.15 Å². The molecule has 0 bridgehead atoms. The van der Waals surface area contributed by atoms with Crippen LogP contribution in [0.25, 0.3) is 11.1 Å². The zero-order valence-electron chi connectivity index (χ0n) is 24.8. The highest BCUT2D eigenvalue weighted by molar-refractivity contribution is 6.32. The van der Waals surface area contributed by atoms with E-state index in [9.17, 15) is 24.8 Å². The normalized spacial score (nSPS) is 11.2. The van der Waals surface area contributed by atoms with E-state index in [-0.39, 0.29) is 36.4 Å². The molecule has 0 saturated heterocycles. The van der Waals surface area contributed by atoms with Crippen molar-refractivity contribution >= 4 is 29.5 Å². The summed E-state index contributed by atoms with van der Waals surface area (Å²) in [5, 5.41) is 23.8. The van der Waals surface area contributed by atoms with Gasteiger partial charge in [-0.15, -0.1) is 20.3 Å². The minimum absolute atomic E-state index is 0.0381. The van der Waals surface area contributed by atoms with Gasteiger partial charge in [-0.25, -0.2) is 20.4 Å². The van der Waals surface area contributed by atoms with Gasteiger partial charge in [-0.05, 0) is 34.2 Å². The van der Waals surface area contributed by atoms with E-state index in [0.29, 0.717) is 39.6 Å². The van der Waals surface area contributed by atoms with Gasteiger partial charge < -0.3 is 25.0 Å². The second-order valence-corrected chi connectivity index (χ2v) is 10.4. The maximum Gasteiger partial charge on any atom is 0.445 e. The van der Waals surface area contributed by atoms with E-state index in [4.69, 9.17) is 27.9 Å². The summed E-state index contributed by atoms with van der Waals surface area (Å²) >= 11 is 6.17. The minimum atomic E-state index is -1.15. The van der Waals surface area contributed by atoms with Gasteiger partial charge >= 0.3 is 12.1 Å². The second-order valence-electron chi connectivity index (χ2n) is 10.1. The summed E-state index contributed by atoms with van der Waals surface area (Å²) < 4.78 is 6.85. The van der Waals surface area contributed by atoms with Crippen molar-refractivity contribution in [3.05, 3.63) is 122 Å². The van der Waals surface area contributed by atoms with Gasteiger partial charge in [0.15, 0.2) is 16.7 Å². The third kappa shape index (κ3) is 8.37. The number of benzene rings is 3. The van der Waals surface area contributed by atoms with Gasteiger partial charge in [0, 0.05) is 18.5 Å². The molecule has 0 spiro atoms. The number of aromatic carboxylic acids is 1. The van der Waals surface area contributed by atoms with Crippen molar-refractivity contribution in [1.82, 2.24) is 14.7 Å². The molecule has 240 valence electrons. The lowest BCUT2D eigenvalue weighted by molar-refractivity contribution is -0.763. The quantitative estimate of drug-likeness (QED) is 0.0410. The summed E-state index contributed by atoms with van der Waals surface area (Å²) in [7, 11) is 0. The Morgan fingerprint density at radius 2 is 1.72 bits per heavy atom. The highest BCUT2D eigenvalue weighted by atomic mass is 35.5. The zero-order valence-corrected chi connectivity index (χ0v) is 25.6. The van der Waals surface area contributed by atoms with Crippen molar-refractivity contribution in [3.63, 3.8) is 0 Å². The predicted octanol–water partition coefficient (Wildman–Crippen LogP) is 5.13. The van der Waals surface area contributed by atoms with Crippen LogP contribution in [-0.4, -0.2) is 42.8 Å². The molecule has 1 aromatic heterocycles. The predicted molar refractivity (Wildman–Crippen MR) is 169 cm³/mol. The van der Waals surface area contributed by atoms with Crippen molar-refractivity contribution in [2.45, 2.75) is 45.9 Å². The first-order valence-electron chi connectivity index (χ1n) is 14.2. The Labute approximate surface area is 268 Å². The molecule has 0 radical (unpaired) electrons. The van der Waals surface area contributed by atoms with Crippen molar-refractivity contribution in [2.75, 3.05) is 0 Å². The molecule has 0 fully saturated rings. The molecular formula is C31H32ClN7O7. The number of ether oxygens (including phenoxy) is 1. The third-order valence-corrected chi connectivity index (χ3v) is 7.23. The minimum Gasteiger partial charge on any atom is -0.476 e. The average molecular weight is 650 g/mol. The summed E-state index contributed by atoms with van der Waals surface area (Å²) in [5.74, 6) is 5.24. The number of aromatic nitrogens is 2. The van der Waals surface area contributed by atoms with Crippen LogP contribution < -0.4 is 11.6 Å². The number of nitrogens with zero attached hydrogens (tertiary/aromatic N) is 5. The Balaban J connectivity index is 1.49. The molecule has 1 amide bonds. The molecule has 4 rings (SSSR count). The fraction of sp³-hybridized carbons (Fsp3) is 0.226. The van der Waals surface area contributed by atoms with Gasteiger partial charge in [0.05, 0.1) is 0 Å². The molecule has 0 aliphatic carbocycles. The molecule has 5 N–H and O–H groups in total. The molecular weight excluding hydrogens is 618 g/mol. The summed E-state index contributed by atoms with van der Waals surface area (Å²) in [6.45, 7) is 1.77. The molecule has 0 atom stereocenters. The smallest absolute Gasteiger partial charge is 0.445 e. The van der Waals surface area contributed by atoms with Crippen molar-refractivity contribution in [2.24, 2.45) is 16.7 Å². The SMILES string of the molecule is CCCCc1nc(Cl)c(C(=O)O)n1Cc1ccc(-c2ccccc2/C(N)=N/N(N)C(=O)OCc2ccccc2CO[N+](=O)[O-])cc1. The number of hydrazine groups is 1. The molecule has 0 unspecified atom stereocenters. The van der Waals surface area contributed by atoms with E-state index in [1.54, 1.807) is 41.0 Å². The fourth-order valence-corrected chi connectivity index (χ4v) is 4.96. The van der Waals surface area contributed by atoms with Crippen LogP contribution in [0.1, 0.15) is 58.3 Å². The Morgan fingerprint density at radius 3 is 2.37 bits per heavy atom. The monoisotopic (exact) mass is 649 g/mol. The lowest BCUT2D eigenvalue weighted by Crippen LogP contribution is -2.35. The third-order valence-electron chi connectivity index (χ3n) is 6.97. The molecule has 46 heavy (non-hydrogen) atoms. The van der Waals surface area contributed by atoms with Crippen molar-refractivity contribution < 1.29 is 29.4 Å². The van der Waals surface area contributed by atoms with E-state index in [2.05, 4.69) is 14.9 Å². The van der Waals surface area contributed by atoms with Crippen LogP contribution in [0.3, 0.4) is 0 Å². The Bertz CT molecular complexity index is 1740. The summed E-state index contributed by atoms with van der Waals surface area (Å²) in [5.41, 5.74) is 9.99. The van der Waals surface area contributed by atoms with E-state index >= 15 is 0 Å². The molecule has 0 saturated carbocycles. The van der Waals surface area contributed by atoms with Gasteiger partial charge in [0.25, 0.3) is 5.09 Å². The highest BCUT2D eigenvalue weighted by Gasteiger charge is 2.22.